The van der Waals surface area contributed by atoms with Crippen molar-refractivity contribution in [3.8, 4) is 0 Å². The van der Waals surface area contributed by atoms with Crippen LogP contribution in [0, 0.1) is 5.92 Å². The quantitative estimate of drug-likeness (QED) is 0.353. The summed E-state index contributed by atoms with van der Waals surface area (Å²) in [4.78, 5) is 11.0. The summed E-state index contributed by atoms with van der Waals surface area (Å²) in [5.41, 5.74) is -0.268. The van der Waals surface area contributed by atoms with Crippen molar-refractivity contribution in [3.05, 3.63) is 24.8 Å². The van der Waals surface area contributed by atoms with Gasteiger partial charge in [-0.25, -0.2) is 4.79 Å². The Kier molecular flexibility index (Phi) is 1.56. The molecule has 2 unspecified atom stereocenters. The van der Waals surface area contributed by atoms with Crippen molar-refractivity contribution < 1.29 is 9.53 Å². The van der Waals surface area contributed by atoms with Crippen molar-refractivity contribution in [2.45, 2.75) is 24.9 Å². The zero-order valence-corrected chi connectivity index (χ0v) is 6.95. The van der Waals surface area contributed by atoms with Gasteiger partial charge in [0.2, 0.25) is 0 Å². The first-order chi connectivity index (χ1) is 5.74. The second-order valence-corrected chi connectivity index (χ2v) is 3.55. The molecule has 2 nitrogen and oxygen atoms in total. The molecule has 2 heteroatoms. The van der Waals surface area contributed by atoms with Gasteiger partial charge in [-0.3, -0.25) is 0 Å². The van der Waals surface area contributed by atoms with E-state index in [1.807, 2.05) is 6.08 Å². The van der Waals surface area contributed by atoms with Crippen LogP contribution in [0.4, 0.5) is 0 Å². The average Bonchev–Trinajstić information content (AvgIpc) is 2.63. The molecule has 0 aromatic rings. The lowest BCUT2D eigenvalue weighted by Gasteiger charge is -2.22. The van der Waals surface area contributed by atoms with Crippen molar-refractivity contribution in [3.63, 3.8) is 0 Å². The van der Waals surface area contributed by atoms with Gasteiger partial charge in [0.1, 0.15) is 5.60 Å². The highest BCUT2D eigenvalue weighted by Crippen LogP contribution is 2.44. The van der Waals surface area contributed by atoms with Crippen LogP contribution in [0.3, 0.4) is 0 Å². The first-order valence-electron chi connectivity index (χ1n) is 4.29. The van der Waals surface area contributed by atoms with Crippen LogP contribution in [0.25, 0.3) is 0 Å². The Labute approximate surface area is 71.9 Å². The summed E-state index contributed by atoms with van der Waals surface area (Å²) in [6, 6.07) is 0. The largest absolute Gasteiger partial charge is 0.452 e. The van der Waals surface area contributed by atoms with E-state index in [1.165, 1.54) is 6.08 Å². The number of carbonyl (C=O) groups is 1. The molecule has 0 spiro atoms. The van der Waals surface area contributed by atoms with Crippen LogP contribution >= 0.6 is 0 Å². The van der Waals surface area contributed by atoms with E-state index < -0.39 is 0 Å². The molecule has 0 amide bonds. The molecular formula is C10H12O2. The Balaban J connectivity index is 2.08. The van der Waals surface area contributed by atoms with Gasteiger partial charge in [-0.2, -0.15) is 0 Å². The summed E-state index contributed by atoms with van der Waals surface area (Å²) < 4.78 is 5.30. The van der Waals surface area contributed by atoms with E-state index in [9.17, 15) is 4.79 Å². The molecule has 2 rings (SSSR count). The minimum absolute atomic E-state index is 0.268. The van der Waals surface area contributed by atoms with E-state index in [2.05, 4.69) is 12.7 Å². The van der Waals surface area contributed by atoms with Crippen LogP contribution < -0.4 is 0 Å². The molecule has 0 aromatic carbocycles. The Bertz CT molecular complexity index is 255. The maximum atomic E-state index is 11.0. The number of esters is 1. The van der Waals surface area contributed by atoms with Gasteiger partial charge in [0.15, 0.2) is 0 Å². The molecule has 2 aliphatic carbocycles. The highest BCUT2D eigenvalue weighted by atomic mass is 16.6. The number of hydrogen-bond acceptors (Lipinski definition) is 2. The third-order valence-corrected chi connectivity index (χ3v) is 2.69. The predicted molar refractivity (Wildman–Crippen MR) is 45.5 cm³/mol. The molecule has 2 aliphatic rings. The van der Waals surface area contributed by atoms with E-state index in [0.29, 0.717) is 5.92 Å². The van der Waals surface area contributed by atoms with Gasteiger partial charge in [-0.15, -0.1) is 0 Å². The maximum Gasteiger partial charge on any atom is 0.331 e. The fourth-order valence-corrected chi connectivity index (χ4v) is 2.07. The second kappa shape index (κ2) is 2.47. The Hall–Kier alpha value is -1.05. The van der Waals surface area contributed by atoms with Gasteiger partial charge in [-0.1, -0.05) is 12.7 Å². The molecular weight excluding hydrogens is 152 g/mol. The summed E-state index contributed by atoms with van der Waals surface area (Å²) in [5.74, 6) is 0.338. The molecule has 2 atom stereocenters. The highest BCUT2D eigenvalue weighted by molar-refractivity contribution is 5.81. The van der Waals surface area contributed by atoms with Crippen LogP contribution in [-0.2, 0) is 9.53 Å². The first-order valence-corrected chi connectivity index (χ1v) is 4.29. The molecule has 64 valence electrons. The molecule has 0 aromatic heterocycles. The van der Waals surface area contributed by atoms with Crippen LogP contribution in [0.5, 0.6) is 0 Å². The van der Waals surface area contributed by atoms with E-state index in [1.54, 1.807) is 0 Å². The number of fused-ring (bicyclic) bond motifs is 2. The Morgan fingerprint density at radius 2 is 2.58 bits per heavy atom. The van der Waals surface area contributed by atoms with Crippen LogP contribution in [0.2, 0.25) is 0 Å². The molecule has 0 aliphatic heterocycles. The van der Waals surface area contributed by atoms with Gasteiger partial charge in [0, 0.05) is 6.08 Å². The van der Waals surface area contributed by atoms with Gasteiger partial charge >= 0.3 is 5.97 Å². The SMILES string of the molecule is C=CC(=O)OC12C=CC(CC1)C2. The average molecular weight is 164 g/mol. The zero-order valence-electron chi connectivity index (χ0n) is 6.95. The third kappa shape index (κ3) is 1.07. The van der Waals surface area contributed by atoms with Crippen molar-refractivity contribution >= 4 is 5.97 Å². The summed E-state index contributed by atoms with van der Waals surface area (Å²) in [6.45, 7) is 3.38. The molecule has 1 fully saturated rings. The van der Waals surface area contributed by atoms with Crippen molar-refractivity contribution in [2.75, 3.05) is 0 Å². The minimum atomic E-state index is -0.304. The molecule has 1 saturated carbocycles. The lowest BCUT2D eigenvalue weighted by Crippen LogP contribution is -2.27. The van der Waals surface area contributed by atoms with E-state index in [4.69, 9.17) is 4.74 Å². The molecule has 0 heterocycles. The Morgan fingerprint density at radius 1 is 1.75 bits per heavy atom. The van der Waals surface area contributed by atoms with Gasteiger partial charge in [0.25, 0.3) is 0 Å². The van der Waals surface area contributed by atoms with Crippen LogP contribution in [0.1, 0.15) is 19.3 Å². The predicted octanol–water partition coefficient (Wildman–Crippen LogP) is 1.82. The van der Waals surface area contributed by atoms with E-state index in [0.717, 1.165) is 19.3 Å². The molecule has 2 bridgehead atoms. The summed E-state index contributed by atoms with van der Waals surface area (Å²) >= 11 is 0. The van der Waals surface area contributed by atoms with E-state index in [-0.39, 0.29) is 11.6 Å². The third-order valence-electron chi connectivity index (χ3n) is 2.69. The fraction of sp³-hybridized carbons (Fsp3) is 0.500. The maximum absolute atomic E-state index is 11.0. The summed E-state index contributed by atoms with van der Waals surface area (Å²) in [7, 11) is 0. The number of carbonyl (C=O) groups excluding carboxylic acids is 1. The number of ether oxygens (including phenoxy) is 1. The molecule has 12 heavy (non-hydrogen) atoms. The first kappa shape index (κ1) is 7.59. The standard InChI is InChI=1S/C10H12O2/c1-2-9(11)12-10-5-3-8(7-10)4-6-10/h2-3,5,8H,1,4,6-7H2. The molecule has 0 saturated heterocycles. The topological polar surface area (TPSA) is 26.3 Å². The van der Waals surface area contributed by atoms with Crippen molar-refractivity contribution in [2.24, 2.45) is 5.92 Å². The summed E-state index contributed by atoms with van der Waals surface area (Å²) in [6.07, 6.45) is 8.53. The fourth-order valence-electron chi connectivity index (χ4n) is 2.07. The smallest absolute Gasteiger partial charge is 0.331 e. The summed E-state index contributed by atoms with van der Waals surface area (Å²) in [5, 5.41) is 0. The lowest BCUT2D eigenvalue weighted by molar-refractivity contribution is -0.148. The normalized spacial score (nSPS) is 36.8. The van der Waals surface area contributed by atoms with Crippen LogP contribution in [0.15, 0.2) is 24.8 Å². The molecule has 0 N–H and O–H groups in total. The lowest BCUT2D eigenvalue weighted by atomic mass is 10.0. The highest BCUT2D eigenvalue weighted by Gasteiger charge is 2.43. The molecule has 0 radical (unpaired) electrons. The number of rotatable bonds is 2. The van der Waals surface area contributed by atoms with Gasteiger partial charge < -0.3 is 4.74 Å². The monoisotopic (exact) mass is 164 g/mol. The van der Waals surface area contributed by atoms with Gasteiger partial charge in [0.05, 0.1) is 0 Å². The number of allylic oxidation sites excluding steroid dienone is 1. The van der Waals surface area contributed by atoms with E-state index >= 15 is 0 Å². The Morgan fingerprint density at radius 3 is 3.00 bits per heavy atom. The van der Waals surface area contributed by atoms with Crippen molar-refractivity contribution in [1.29, 1.82) is 0 Å². The zero-order chi connectivity index (χ0) is 8.60. The van der Waals surface area contributed by atoms with Crippen LogP contribution in [-0.4, -0.2) is 11.6 Å². The van der Waals surface area contributed by atoms with Crippen molar-refractivity contribution in [1.82, 2.24) is 0 Å². The second-order valence-electron chi connectivity index (χ2n) is 3.55. The minimum Gasteiger partial charge on any atom is -0.452 e. The number of hydrogen-bond donors (Lipinski definition) is 0. The van der Waals surface area contributed by atoms with Gasteiger partial charge in [-0.05, 0) is 31.3 Å².